The number of aromatic nitrogens is 2. The van der Waals surface area contributed by atoms with Crippen molar-refractivity contribution in [1.82, 2.24) is 9.97 Å². The van der Waals surface area contributed by atoms with E-state index in [1.165, 1.54) is 20.7 Å². The molecule has 0 N–H and O–H groups in total. The third-order valence-electron chi connectivity index (χ3n) is 3.59. The maximum Gasteiger partial charge on any atom is 0.126 e. The van der Waals surface area contributed by atoms with Crippen molar-refractivity contribution in [2.75, 3.05) is 0 Å². The van der Waals surface area contributed by atoms with E-state index in [0.29, 0.717) is 0 Å². The number of nitrogens with zero attached hydrogens (tertiary/aromatic N) is 2. The smallest absolute Gasteiger partial charge is 0.126 e. The Morgan fingerprint density at radius 3 is 2.52 bits per heavy atom. The summed E-state index contributed by atoms with van der Waals surface area (Å²) in [7, 11) is 0. The summed E-state index contributed by atoms with van der Waals surface area (Å²) in [5, 5.41) is 0. The molecule has 0 fully saturated rings. The Balaban J connectivity index is 0.000000753. The van der Waals surface area contributed by atoms with E-state index in [0.717, 1.165) is 23.5 Å². The molecular weight excluding hydrogens is 300 g/mol. The van der Waals surface area contributed by atoms with Gasteiger partial charge in [0.05, 0.1) is 15.9 Å². The van der Waals surface area contributed by atoms with Crippen LogP contribution in [0.1, 0.15) is 31.8 Å². The van der Waals surface area contributed by atoms with Crippen molar-refractivity contribution in [2.24, 2.45) is 0 Å². The molecule has 0 saturated carbocycles. The van der Waals surface area contributed by atoms with Crippen LogP contribution < -0.4 is 0 Å². The normalized spacial score (nSPS) is 12.9. The van der Waals surface area contributed by atoms with E-state index in [1.54, 1.807) is 11.3 Å². The molecule has 2 aromatic heterocycles. The molecule has 3 heteroatoms. The fourth-order valence-corrected chi connectivity index (χ4v) is 3.73. The molecule has 2 heterocycles. The van der Waals surface area contributed by atoms with Crippen LogP contribution in [0.25, 0.3) is 26.2 Å². The van der Waals surface area contributed by atoms with Crippen molar-refractivity contribution >= 4 is 27.1 Å². The summed E-state index contributed by atoms with van der Waals surface area (Å²) < 4.78 is 1.18. The molecule has 3 aromatic rings. The SMILES string of the molecule is CC.Cc1nc(C2=CCC=C2)c2sc(-c3ccccc3)cc2n1. The quantitative estimate of drug-likeness (QED) is 0.575. The third kappa shape index (κ3) is 3.10. The number of allylic oxidation sites excluding steroid dienone is 4. The fraction of sp³-hybridized carbons (Fsp3) is 0.200. The molecule has 0 amide bonds. The van der Waals surface area contributed by atoms with E-state index in [9.17, 15) is 0 Å². The first-order valence-corrected chi connectivity index (χ1v) is 8.83. The molecule has 1 aromatic carbocycles. The van der Waals surface area contributed by atoms with Gasteiger partial charge in [-0.2, -0.15) is 0 Å². The van der Waals surface area contributed by atoms with Crippen LogP contribution in [-0.2, 0) is 0 Å². The van der Waals surface area contributed by atoms with Gasteiger partial charge < -0.3 is 0 Å². The summed E-state index contributed by atoms with van der Waals surface area (Å²) in [4.78, 5) is 10.5. The van der Waals surface area contributed by atoms with Crippen LogP contribution in [0.3, 0.4) is 0 Å². The van der Waals surface area contributed by atoms with E-state index in [4.69, 9.17) is 0 Å². The molecule has 1 aliphatic rings. The minimum Gasteiger partial charge on any atom is -0.232 e. The first-order chi connectivity index (χ1) is 11.3. The largest absolute Gasteiger partial charge is 0.232 e. The monoisotopic (exact) mass is 320 g/mol. The molecular formula is C20H20N2S. The minimum absolute atomic E-state index is 0.830. The zero-order chi connectivity index (χ0) is 16.2. The van der Waals surface area contributed by atoms with Crippen LogP contribution >= 0.6 is 11.3 Å². The molecule has 0 radical (unpaired) electrons. The predicted octanol–water partition coefficient (Wildman–Crippen LogP) is 6.04. The van der Waals surface area contributed by atoms with Gasteiger partial charge in [-0.1, -0.05) is 62.4 Å². The summed E-state index contributed by atoms with van der Waals surface area (Å²) >= 11 is 1.77. The van der Waals surface area contributed by atoms with Gasteiger partial charge in [-0.3, -0.25) is 0 Å². The molecule has 1 aliphatic carbocycles. The third-order valence-corrected chi connectivity index (χ3v) is 4.77. The highest BCUT2D eigenvalue weighted by Crippen LogP contribution is 2.37. The van der Waals surface area contributed by atoms with E-state index >= 15 is 0 Å². The zero-order valence-electron chi connectivity index (χ0n) is 13.7. The number of aryl methyl sites for hydroxylation is 1. The number of rotatable bonds is 2. The lowest BCUT2D eigenvalue weighted by Gasteiger charge is -2.02. The van der Waals surface area contributed by atoms with Gasteiger partial charge in [0, 0.05) is 4.88 Å². The van der Waals surface area contributed by atoms with Gasteiger partial charge in [0.15, 0.2) is 0 Å². The molecule has 116 valence electrons. The number of benzene rings is 1. The van der Waals surface area contributed by atoms with Gasteiger partial charge in [0.1, 0.15) is 5.82 Å². The second-order valence-corrected chi connectivity index (χ2v) is 6.16. The van der Waals surface area contributed by atoms with Crippen LogP contribution in [-0.4, -0.2) is 9.97 Å². The summed E-state index contributed by atoms with van der Waals surface area (Å²) in [5.74, 6) is 0.830. The average molecular weight is 320 g/mol. The molecule has 0 aliphatic heterocycles. The molecule has 4 rings (SSSR count). The maximum atomic E-state index is 4.67. The van der Waals surface area contributed by atoms with E-state index in [-0.39, 0.29) is 0 Å². The number of thiophene rings is 1. The lowest BCUT2D eigenvalue weighted by atomic mass is 10.1. The van der Waals surface area contributed by atoms with Crippen LogP contribution in [0.5, 0.6) is 0 Å². The predicted molar refractivity (Wildman–Crippen MR) is 101 cm³/mol. The molecule has 0 atom stereocenters. The Hall–Kier alpha value is -2.26. The maximum absolute atomic E-state index is 4.67. The topological polar surface area (TPSA) is 25.8 Å². The molecule has 0 bridgehead atoms. The first kappa shape index (κ1) is 15.6. The Labute approximate surface area is 141 Å². The van der Waals surface area contributed by atoms with Gasteiger partial charge >= 0.3 is 0 Å². The summed E-state index contributed by atoms with van der Waals surface area (Å²) in [6.45, 7) is 5.96. The molecule has 2 nitrogen and oxygen atoms in total. The van der Waals surface area contributed by atoms with Crippen molar-refractivity contribution in [3.8, 4) is 10.4 Å². The Morgan fingerprint density at radius 1 is 1.04 bits per heavy atom. The summed E-state index contributed by atoms with van der Waals surface area (Å²) in [6, 6.07) is 12.6. The lowest BCUT2D eigenvalue weighted by molar-refractivity contribution is 1.08. The van der Waals surface area contributed by atoms with Crippen molar-refractivity contribution in [2.45, 2.75) is 27.2 Å². The van der Waals surface area contributed by atoms with Gasteiger partial charge in [0.25, 0.3) is 0 Å². The van der Waals surface area contributed by atoms with Crippen molar-refractivity contribution in [1.29, 1.82) is 0 Å². The highest BCUT2D eigenvalue weighted by molar-refractivity contribution is 7.22. The zero-order valence-corrected chi connectivity index (χ0v) is 14.5. The average Bonchev–Trinajstić information content (AvgIpc) is 3.26. The van der Waals surface area contributed by atoms with E-state index in [2.05, 4.69) is 58.5 Å². The minimum atomic E-state index is 0.830. The summed E-state index contributed by atoms with van der Waals surface area (Å²) in [5.41, 5.74) is 4.56. The molecule has 0 spiro atoms. The van der Waals surface area contributed by atoms with Gasteiger partial charge in [-0.25, -0.2) is 9.97 Å². The van der Waals surface area contributed by atoms with E-state index in [1.807, 2.05) is 26.8 Å². The Morgan fingerprint density at radius 2 is 1.83 bits per heavy atom. The van der Waals surface area contributed by atoms with Crippen molar-refractivity contribution in [3.05, 3.63) is 66.1 Å². The highest BCUT2D eigenvalue weighted by Gasteiger charge is 2.14. The highest BCUT2D eigenvalue weighted by atomic mass is 32.1. The fourth-order valence-electron chi connectivity index (χ4n) is 2.62. The van der Waals surface area contributed by atoms with Crippen LogP contribution in [0.15, 0.2) is 54.6 Å². The molecule has 0 saturated heterocycles. The second-order valence-electron chi connectivity index (χ2n) is 5.11. The van der Waals surface area contributed by atoms with Gasteiger partial charge in [-0.15, -0.1) is 11.3 Å². The number of hydrogen-bond acceptors (Lipinski definition) is 3. The van der Waals surface area contributed by atoms with Crippen molar-refractivity contribution < 1.29 is 0 Å². The second kappa shape index (κ2) is 6.88. The van der Waals surface area contributed by atoms with Crippen molar-refractivity contribution in [3.63, 3.8) is 0 Å². The first-order valence-electron chi connectivity index (χ1n) is 8.02. The standard InChI is InChI=1S/C18H14N2S.C2H6/c1-12-19-15-11-16(13-7-3-2-4-8-13)21-18(15)17(20-12)14-9-5-6-10-14;1-2/h2-5,7-11H,6H2,1H3;1-2H3. The number of hydrogen-bond donors (Lipinski definition) is 0. The van der Waals surface area contributed by atoms with Gasteiger partial charge in [-0.05, 0) is 30.5 Å². The molecule has 0 unspecified atom stereocenters. The lowest BCUT2D eigenvalue weighted by Crippen LogP contribution is -1.93. The number of fused-ring (bicyclic) bond motifs is 1. The Bertz CT molecular complexity index is 873. The summed E-state index contributed by atoms with van der Waals surface area (Å²) in [6.07, 6.45) is 7.55. The van der Waals surface area contributed by atoms with Crippen LogP contribution in [0.2, 0.25) is 0 Å². The van der Waals surface area contributed by atoms with E-state index < -0.39 is 0 Å². The molecule has 23 heavy (non-hydrogen) atoms. The van der Waals surface area contributed by atoms with Crippen LogP contribution in [0, 0.1) is 6.92 Å². The van der Waals surface area contributed by atoms with Crippen LogP contribution in [0.4, 0.5) is 0 Å². The Kier molecular flexibility index (Phi) is 4.68. The van der Waals surface area contributed by atoms with Gasteiger partial charge in [0.2, 0.25) is 0 Å².